The fraction of sp³-hybridized carbons (Fsp3) is 0.0345. The summed E-state index contributed by atoms with van der Waals surface area (Å²) >= 11 is 0. The Morgan fingerprint density at radius 3 is 1.97 bits per heavy atom. The molecule has 1 heterocycles. The highest BCUT2D eigenvalue weighted by atomic mass is 16.2. The maximum atomic E-state index is 13.0. The van der Waals surface area contributed by atoms with Gasteiger partial charge in [-0.1, -0.05) is 103 Å². The zero-order chi connectivity index (χ0) is 22.6. The quantitative estimate of drug-likeness (QED) is 0.269. The number of amides is 1. The van der Waals surface area contributed by atoms with Crippen molar-refractivity contribution in [2.45, 2.75) is 0 Å². The van der Waals surface area contributed by atoms with Gasteiger partial charge in [-0.05, 0) is 23.3 Å². The lowest BCUT2D eigenvalue weighted by Gasteiger charge is -2.10. The number of aryl methyl sites for hydroxylation is 1. The van der Waals surface area contributed by atoms with E-state index in [-0.39, 0.29) is 5.91 Å². The van der Waals surface area contributed by atoms with Crippen LogP contribution in [0.4, 0.5) is 0 Å². The summed E-state index contributed by atoms with van der Waals surface area (Å²) in [6.07, 6.45) is 0. The van der Waals surface area contributed by atoms with Gasteiger partial charge in [-0.2, -0.15) is 5.10 Å². The number of hydrazone groups is 1. The molecule has 1 aromatic heterocycles. The van der Waals surface area contributed by atoms with Crippen molar-refractivity contribution in [3.63, 3.8) is 0 Å². The Morgan fingerprint density at radius 1 is 0.697 bits per heavy atom. The Hall–Kier alpha value is -4.44. The third kappa shape index (κ3) is 4.19. The summed E-state index contributed by atoms with van der Waals surface area (Å²) in [6, 6.07) is 38.2. The second kappa shape index (κ2) is 8.97. The number of carbonyl (C=O) groups is 1. The van der Waals surface area contributed by atoms with Gasteiger partial charge in [0.25, 0.3) is 5.91 Å². The number of benzene rings is 4. The number of rotatable bonds is 5. The fourth-order valence-electron chi connectivity index (χ4n) is 4.01. The summed E-state index contributed by atoms with van der Waals surface area (Å²) in [6.45, 7) is 0. The van der Waals surface area contributed by atoms with E-state index >= 15 is 0 Å². The van der Waals surface area contributed by atoms with Gasteiger partial charge in [-0.3, -0.25) is 4.79 Å². The zero-order valence-corrected chi connectivity index (χ0v) is 18.3. The van der Waals surface area contributed by atoms with Crippen molar-refractivity contribution in [1.82, 2.24) is 9.99 Å². The molecular formula is C29H23N3O. The summed E-state index contributed by atoms with van der Waals surface area (Å²) in [5.41, 5.74) is 9.20. The Bertz CT molecular complexity index is 1430. The Morgan fingerprint density at radius 2 is 1.27 bits per heavy atom. The smallest absolute Gasteiger partial charge is 0.288 e. The second-order valence-corrected chi connectivity index (χ2v) is 7.86. The first-order chi connectivity index (χ1) is 16.2. The zero-order valence-electron chi connectivity index (χ0n) is 18.3. The molecular weight excluding hydrogens is 406 g/mol. The van der Waals surface area contributed by atoms with Crippen molar-refractivity contribution in [2.75, 3.05) is 0 Å². The lowest BCUT2D eigenvalue weighted by Crippen LogP contribution is -2.22. The standard InChI is InChI=1S/C29H23N3O/c1-32-26-15-9-8-14-25(26)20-27(32)29(33)31-30-28(23-12-6-3-7-13-23)24-18-16-22(17-19-24)21-10-4-2-5-11-21/h2-20H,1H3,(H,31,33)/b30-28+. The lowest BCUT2D eigenvalue weighted by atomic mass is 9.99. The molecule has 1 amide bonds. The molecule has 0 aliphatic carbocycles. The predicted molar refractivity (Wildman–Crippen MR) is 134 cm³/mol. The molecule has 0 unspecified atom stereocenters. The molecule has 5 rings (SSSR count). The molecule has 0 aliphatic rings. The molecule has 0 radical (unpaired) electrons. The minimum atomic E-state index is -0.247. The number of aromatic nitrogens is 1. The number of para-hydroxylation sites is 1. The molecule has 0 fully saturated rings. The van der Waals surface area contributed by atoms with E-state index in [1.165, 1.54) is 0 Å². The van der Waals surface area contributed by atoms with Crippen LogP contribution in [0, 0.1) is 0 Å². The van der Waals surface area contributed by atoms with Crippen LogP contribution in [0.2, 0.25) is 0 Å². The molecule has 5 aromatic rings. The molecule has 0 atom stereocenters. The summed E-state index contributed by atoms with van der Waals surface area (Å²) in [5.74, 6) is -0.247. The van der Waals surface area contributed by atoms with Crippen molar-refractivity contribution in [3.05, 3.63) is 132 Å². The van der Waals surface area contributed by atoms with Crippen LogP contribution in [-0.4, -0.2) is 16.2 Å². The number of fused-ring (bicyclic) bond motifs is 1. The molecule has 0 saturated carbocycles. The molecule has 4 aromatic carbocycles. The van der Waals surface area contributed by atoms with E-state index in [0.717, 1.165) is 33.2 Å². The topological polar surface area (TPSA) is 46.4 Å². The molecule has 0 aliphatic heterocycles. The lowest BCUT2D eigenvalue weighted by molar-refractivity contribution is 0.0947. The van der Waals surface area contributed by atoms with Crippen molar-refractivity contribution in [1.29, 1.82) is 0 Å². The first-order valence-corrected chi connectivity index (χ1v) is 10.8. The third-order valence-corrected chi connectivity index (χ3v) is 5.77. The fourth-order valence-corrected chi connectivity index (χ4v) is 4.01. The molecule has 33 heavy (non-hydrogen) atoms. The van der Waals surface area contributed by atoms with Crippen molar-refractivity contribution in [2.24, 2.45) is 12.1 Å². The van der Waals surface area contributed by atoms with E-state index in [1.807, 2.05) is 103 Å². The van der Waals surface area contributed by atoms with E-state index in [0.29, 0.717) is 11.4 Å². The summed E-state index contributed by atoms with van der Waals surface area (Å²) in [4.78, 5) is 13.0. The average Bonchev–Trinajstić information content (AvgIpc) is 3.22. The maximum Gasteiger partial charge on any atom is 0.288 e. The molecule has 0 spiro atoms. The molecule has 4 heteroatoms. The van der Waals surface area contributed by atoms with Crippen molar-refractivity contribution < 1.29 is 4.79 Å². The maximum absolute atomic E-state index is 13.0. The van der Waals surface area contributed by atoms with Crippen LogP contribution in [-0.2, 0) is 7.05 Å². The van der Waals surface area contributed by atoms with Crippen LogP contribution in [0.25, 0.3) is 22.0 Å². The third-order valence-electron chi connectivity index (χ3n) is 5.77. The van der Waals surface area contributed by atoms with Gasteiger partial charge in [-0.15, -0.1) is 0 Å². The van der Waals surface area contributed by atoms with Crippen molar-refractivity contribution in [3.8, 4) is 11.1 Å². The average molecular weight is 430 g/mol. The molecule has 160 valence electrons. The van der Waals surface area contributed by atoms with Crippen LogP contribution < -0.4 is 5.43 Å². The van der Waals surface area contributed by atoms with Gasteiger partial charge in [0.15, 0.2) is 0 Å². The van der Waals surface area contributed by atoms with Gasteiger partial charge in [0.2, 0.25) is 0 Å². The Balaban J connectivity index is 1.48. The van der Waals surface area contributed by atoms with Gasteiger partial charge in [0.05, 0.1) is 5.71 Å². The van der Waals surface area contributed by atoms with E-state index in [2.05, 4.69) is 34.8 Å². The van der Waals surface area contributed by atoms with Gasteiger partial charge >= 0.3 is 0 Å². The predicted octanol–water partition coefficient (Wildman–Crippen LogP) is 6.03. The second-order valence-electron chi connectivity index (χ2n) is 7.86. The molecule has 1 N–H and O–H groups in total. The monoisotopic (exact) mass is 429 g/mol. The Labute approximate surface area is 192 Å². The number of carbonyl (C=O) groups excluding carboxylic acids is 1. The van der Waals surface area contributed by atoms with Gasteiger partial charge in [0, 0.05) is 29.1 Å². The molecule has 0 saturated heterocycles. The van der Waals surface area contributed by atoms with Gasteiger partial charge in [-0.25, -0.2) is 5.43 Å². The first kappa shape index (κ1) is 20.5. The van der Waals surface area contributed by atoms with Crippen LogP contribution in [0.15, 0.2) is 120 Å². The highest BCUT2D eigenvalue weighted by molar-refractivity contribution is 6.13. The number of nitrogens with one attached hydrogen (secondary N) is 1. The van der Waals surface area contributed by atoms with Crippen LogP contribution in [0.5, 0.6) is 0 Å². The minimum Gasteiger partial charge on any atom is -0.340 e. The van der Waals surface area contributed by atoms with Crippen LogP contribution >= 0.6 is 0 Å². The summed E-state index contributed by atoms with van der Waals surface area (Å²) in [5, 5.41) is 5.58. The summed E-state index contributed by atoms with van der Waals surface area (Å²) < 4.78 is 1.89. The van der Waals surface area contributed by atoms with E-state index in [1.54, 1.807) is 0 Å². The number of hydrogen-bond acceptors (Lipinski definition) is 2. The summed E-state index contributed by atoms with van der Waals surface area (Å²) in [7, 11) is 1.89. The van der Waals surface area contributed by atoms with Gasteiger partial charge in [0.1, 0.15) is 5.69 Å². The number of hydrogen-bond donors (Lipinski definition) is 1. The minimum absolute atomic E-state index is 0.247. The van der Waals surface area contributed by atoms with Crippen LogP contribution in [0.1, 0.15) is 21.6 Å². The van der Waals surface area contributed by atoms with E-state index < -0.39 is 0 Å². The normalized spacial score (nSPS) is 11.5. The highest BCUT2D eigenvalue weighted by Gasteiger charge is 2.14. The molecule has 4 nitrogen and oxygen atoms in total. The SMILES string of the molecule is Cn1c(C(=O)N/N=C(\c2ccccc2)c2ccc(-c3ccccc3)cc2)cc2ccccc21. The largest absolute Gasteiger partial charge is 0.340 e. The van der Waals surface area contributed by atoms with E-state index in [9.17, 15) is 4.79 Å². The van der Waals surface area contributed by atoms with Gasteiger partial charge < -0.3 is 4.57 Å². The van der Waals surface area contributed by atoms with E-state index in [4.69, 9.17) is 0 Å². The Kier molecular flexibility index (Phi) is 5.56. The number of nitrogens with zero attached hydrogens (tertiary/aromatic N) is 2. The van der Waals surface area contributed by atoms with Crippen LogP contribution in [0.3, 0.4) is 0 Å². The molecule has 0 bridgehead atoms. The highest BCUT2D eigenvalue weighted by Crippen LogP contribution is 2.21. The van der Waals surface area contributed by atoms with Crippen molar-refractivity contribution >= 4 is 22.5 Å². The first-order valence-electron chi connectivity index (χ1n) is 10.8.